The van der Waals surface area contributed by atoms with Gasteiger partial charge in [0, 0.05) is 24.0 Å². The van der Waals surface area contributed by atoms with E-state index < -0.39 is 24.3 Å². The number of ether oxygens (including phenoxy) is 1. The molecule has 2 aliphatic heterocycles. The molecule has 2 aliphatic rings. The number of carboxylic acid groups (broad SMARTS) is 1. The minimum atomic E-state index is -1.22. The van der Waals surface area contributed by atoms with Crippen LogP contribution < -0.4 is 10.6 Å². The van der Waals surface area contributed by atoms with Crippen LogP contribution in [0.5, 0.6) is 0 Å². The lowest BCUT2D eigenvalue weighted by Crippen LogP contribution is -2.51. The molecule has 0 saturated carbocycles. The zero-order chi connectivity index (χ0) is 39.4. The lowest BCUT2D eigenvalue weighted by molar-refractivity contribution is -0.136. The predicted molar refractivity (Wildman–Crippen MR) is 213 cm³/mol. The molecule has 5 N–H and O–H groups in total. The van der Waals surface area contributed by atoms with Crippen LogP contribution in [0.4, 0.5) is 9.59 Å². The highest BCUT2D eigenvalue weighted by Gasteiger charge is 2.39. The molecule has 0 aliphatic carbocycles. The third kappa shape index (κ3) is 6.65. The van der Waals surface area contributed by atoms with E-state index in [1.54, 1.807) is 16.2 Å². The highest BCUT2D eigenvalue weighted by atomic mass is 32.1. The minimum Gasteiger partial charge on any atom is -0.465 e. The fourth-order valence-corrected chi connectivity index (χ4v) is 9.26. The maximum atomic E-state index is 13.7. The van der Waals surface area contributed by atoms with Crippen molar-refractivity contribution in [1.82, 2.24) is 45.4 Å². The summed E-state index contributed by atoms with van der Waals surface area (Å²) in [6.45, 7) is 8.58. The summed E-state index contributed by atoms with van der Waals surface area (Å²) in [6.07, 6.45) is 1.27. The largest absolute Gasteiger partial charge is 0.465 e. The number of likely N-dealkylation sites (tertiary alicyclic amines) is 2. The van der Waals surface area contributed by atoms with Gasteiger partial charge in [0.05, 0.1) is 46.0 Å². The summed E-state index contributed by atoms with van der Waals surface area (Å²) in [7, 11) is 1.29. The van der Waals surface area contributed by atoms with Crippen LogP contribution in [0.25, 0.3) is 53.6 Å². The van der Waals surface area contributed by atoms with Crippen LogP contribution in [0.3, 0.4) is 0 Å². The van der Waals surface area contributed by atoms with E-state index in [0.717, 1.165) is 79.3 Å². The van der Waals surface area contributed by atoms with Crippen LogP contribution >= 0.6 is 11.3 Å². The molecule has 16 heteroatoms. The number of imidazole rings is 2. The number of alkyl carbamates (subject to hydrolysis) is 1. The standard InChI is InChI=1S/C40H45N9O6S/c1-19(2)29(46-39(52)53)37(50)48-16-6-8-27(48)34-41-24-13-11-21-18-22(10-12-23(21)31(24)44-34)36-43-26-15-14-25-32(33(26)56-36)45-35(42-25)28-9-7-17-49(28)38(51)30(20(3)4)47-40(54)55-5/h10-15,18-20,27-30,46H,6-9,16-17H2,1-5H3,(H,41,44)(H,42,45)(H,47,54)(H,52,53)/t27-,28-,29-,30-/m0/s1. The topological polar surface area (TPSA) is 199 Å². The quantitative estimate of drug-likeness (QED) is 0.104. The Hall–Kier alpha value is -5.77. The van der Waals surface area contributed by atoms with Gasteiger partial charge in [-0.25, -0.2) is 24.5 Å². The number of aromatic nitrogens is 5. The summed E-state index contributed by atoms with van der Waals surface area (Å²) in [5.74, 6) is 0.688. The number of benzene rings is 3. The Morgan fingerprint density at radius 2 is 1.39 bits per heavy atom. The van der Waals surface area contributed by atoms with Gasteiger partial charge in [-0.2, -0.15) is 0 Å². The third-order valence-electron chi connectivity index (χ3n) is 11.1. The molecule has 4 amide bonds. The molecule has 0 radical (unpaired) electrons. The van der Waals surface area contributed by atoms with E-state index in [-0.39, 0.29) is 35.7 Å². The van der Waals surface area contributed by atoms with Gasteiger partial charge >= 0.3 is 12.2 Å². The van der Waals surface area contributed by atoms with Gasteiger partial charge < -0.3 is 40.2 Å². The van der Waals surface area contributed by atoms with Crippen LogP contribution in [0.2, 0.25) is 0 Å². The Morgan fingerprint density at radius 1 is 0.804 bits per heavy atom. The summed E-state index contributed by atoms with van der Waals surface area (Å²) in [5, 5.41) is 17.3. The maximum absolute atomic E-state index is 13.7. The number of H-pyrrole nitrogens is 2. The van der Waals surface area contributed by atoms with Crippen LogP contribution in [0.1, 0.15) is 77.1 Å². The molecule has 0 unspecified atom stereocenters. The molecule has 0 bridgehead atoms. The number of methoxy groups -OCH3 is 1. The number of rotatable bonds is 9. The first-order valence-electron chi connectivity index (χ1n) is 19.1. The van der Waals surface area contributed by atoms with Crippen molar-refractivity contribution in [2.45, 2.75) is 77.5 Å². The second kappa shape index (κ2) is 14.7. The second-order valence-electron chi connectivity index (χ2n) is 15.4. The average molecular weight is 780 g/mol. The summed E-state index contributed by atoms with van der Waals surface area (Å²) in [6, 6.07) is 12.2. The predicted octanol–water partition coefficient (Wildman–Crippen LogP) is 6.87. The lowest BCUT2D eigenvalue weighted by Gasteiger charge is -2.29. The van der Waals surface area contributed by atoms with Gasteiger partial charge in [0.25, 0.3) is 0 Å². The molecular formula is C40H45N9O6S. The van der Waals surface area contributed by atoms with Crippen LogP contribution in [-0.4, -0.2) is 96.1 Å². The number of hydrogen-bond acceptors (Lipinski definition) is 9. The van der Waals surface area contributed by atoms with Gasteiger partial charge in [0.1, 0.15) is 34.3 Å². The molecular weight excluding hydrogens is 735 g/mol. The van der Waals surface area contributed by atoms with Gasteiger partial charge in [-0.05, 0) is 67.2 Å². The highest BCUT2D eigenvalue weighted by molar-refractivity contribution is 7.22. The lowest BCUT2D eigenvalue weighted by atomic mass is 10.0. The van der Waals surface area contributed by atoms with Gasteiger partial charge in [-0.1, -0.05) is 45.9 Å². The van der Waals surface area contributed by atoms with E-state index in [2.05, 4.69) is 38.8 Å². The highest BCUT2D eigenvalue weighted by Crippen LogP contribution is 2.39. The summed E-state index contributed by atoms with van der Waals surface area (Å²) in [4.78, 5) is 76.3. The van der Waals surface area contributed by atoms with Crippen molar-refractivity contribution in [2.75, 3.05) is 20.2 Å². The fourth-order valence-electron chi connectivity index (χ4n) is 8.20. The van der Waals surface area contributed by atoms with Crippen molar-refractivity contribution in [3.05, 3.63) is 54.1 Å². The molecule has 3 aromatic heterocycles. The Morgan fingerprint density at radius 3 is 2.00 bits per heavy atom. The molecule has 3 aromatic carbocycles. The molecule has 4 atom stereocenters. The Labute approximate surface area is 326 Å². The van der Waals surface area contributed by atoms with Crippen LogP contribution in [0, 0.1) is 11.8 Å². The number of hydrogen-bond donors (Lipinski definition) is 5. The maximum Gasteiger partial charge on any atom is 0.407 e. The van der Waals surface area contributed by atoms with E-state index in [9.17, 15) is 24.3 Å². The molecule has 56 heavy (non-hydrogen) atoms. The first-order valence-corrected chi connectivity index (χ1v) is 19.9. The Balaban J connectivity index is 1.07. The first kappa shape index (κ1) is 37.2. The van der Waals surface area contributed by atoms with Gasteiger partial charge in [-0.3, -0.25) is 9.59 Å². The zero-order valence-corrected chi connectivity index (χ0v) is 32.7. The SMILES string of the molecule is COC(=O)N[C@H](C(=O)N1CCC[C@H]1c1nc2c(ccc3nc(-c4ccc5c(ccc6[nH]c([C@@H]7CCCN7C(=O)[C@@H](NC(=O)O)C(C)C)nc65)c4)sc32)[nH]1)C(C)C. The number of carbonyl (C=O) groups excluding carboxylic acids is 3. The van der Waals surface area contributed by atoms with Crippen LogP contribution in [-0.2, 0) is 14.3 Å². The Bertz CT molecular complexity index is 2510. The smallest absolute Gasteiger partial charge is 0.407 e. The van der Waals surface area contributed by atoms with E-state index >= 15 is 0 Å². The molecule has 15 nitrogen and oxygen atoms in total. The van der Waals surface area contributed by atoms with Gasteiger partial charge in [0.2, 0.25) is 11.8 Å². The molecule has 2 saturated heterocycles. The summed E-state index contributed by atoms with van der Waals surface area (Å²) in [5.41, 5.74) is 5.13. The van der Waals surface area contributed by atoms with Crippen LogP contribution in [0.15, 0.2) is 42.5 Å². The van der Waals surface area contributed by atoms with Gasteiger partial charge in [0.15, 0.2) is 0 Å². The molecule has 2 fully saturated rings. The number of nitrogens with zero attached hydrogens (tertiary/aromatic N) is 5. The van der Waals surface area contributed by atoms with Crippen molar-refractivity contribution in [2.24, 2.45) is 11.8 Å². The average Bonchev–Trinajstić information content (AvgIpc) is 4.02. The van der Waals surface area contributed by atoms with E-state index in [1.165, 1.54) is 7.11 Å². The molecule has 8 rings (SSSR count). The summed E-state index contributed by atoms with van der Waals surface area (Å²) < 4.78 is 5.73. The van der Waals surface area contributed by atoms with Crippen molar-refractivity contribution in [3.8, 4) is 10.6 Å². The number of fused-ring (bicyclic) bond motifs is 6. The van der Waals surface area contributed by atoms with Crippen molar-refractivity contribution in [1.29, 1.82) is 0 Å². The number of thiazole rings is 1. The normalized spacial score (nSPS) is 18.5. The second-order valence-corrected chi connectivity index (χ2v) is 16.4. The molecule has 5 heterocycles. The number of amides is 4. The van der Waals surface area contributed by atoms with Crippen molar-refractivity contribution < 1.29 is 29.0 Å². The number of aromatic amines is 2. The molecule has 0 spiro atoms. The summed E-state index contributed by atoms with van der Waals surface area (Å²) >= 11 is 1.57. The van der Waals surface area contributed by atoms with Crippen molar-refractivity contribution >= 4 is 78.4 Å². The number of nitrogens with one attached hydrogen (secondary N) is 4. The van der Waals surface area contributed by atoms with E-state index in [1.807, 2.05) is 56.9 Å². The first-order chi connectivity index (χ1) is 26.9. The zero-order valence-electron chi connectivity index (χ0n) is 31.9. The minimum absolute atomic E-state index is 0.125. The third-order valence-corrected chi connectivity index (χ3v) is 12.2. The van der Waals surface area contributed by atoms with Crippen molar-refractivity contribution in [3.63, 3.8) is 0 Å². The molecule has 292 valence electrons. The monoisotopic (exact) mass is 779 g/mol. The Kier molecular flexibility index (Phi) is 9.76. The van der Waals surface area contributed by atoms with Gasteiger partial charge in [-0.15, -0.1) is 11.3 Å². The fraction of sp³-hybridized carbons (Fsp3) is 0.425. The molecule has 6 aromatic rings. The van der Waals surface area contributed by atoms with E-state index in [0.29, 0.717) is 24.7 Å². The van der Waals surface area contributed by atoms with E-state index in [4.69, 9.17) is 19.7 Å². The number of carbonyl (C=O) groups is 4.